The molecule has 1 heterocycles. The van der Waals surface area contributed by atoms with Crippen molar-refractivity contribution in [2.24, 2.45) is 0 Å². The third-order valence-corrected chi connectivity index (χ3v) is 2.86. The summed E-state index contributed by atoms with van der Waals surface area (Å²) in [5.41, 5.74) is 3.41. The Labute approximate surface area is 110 Å². The van der Waals surface area contributed by atoms with Crippen molar-refractivity contribution in [1.29, 1.82) is 0 Å². The molecule has 0 spiro atoms. The van der Waals surface area contributed by atoms with Crippen molar-refractivity contribution < 1.29 is 14.6 Å². The highest BCUT2D eigenvalue weighted by atomic mass is 16.5. The molecule has 2 aromatic rings. The molecule has 5 nitrogen and oxygen atoms in total. The minimum atomic E-state index is -1.13. The van der Waals surface area contributed by atoms with E-state index in [1.807, 2.05) is 26.0 Å². The molecule has 0 saturated heterocycles. The lowest BCUT2D eigenvalue weighted by Crippen LogP contribution is -2.04. The molecule has 0 radical (unpaired) electrons. The van der Waals surface area contributed by atoms with E-state index in [1.54, 1.807) is 13.2 Å². The van der Waals surface area contributed by atoms with E-state index in [1.165, 1.54) is 6.20 Å². The highest BCUT2D eigenvalue weighted by Gasteiger charge is 2.11. The zero-order chi connectivity index (χ0) is 14.0. The number of hydrogen-bond acceptors (Lipinski definition) is 4. The summed E-state index contributed by atoms with van der Waals surface area (Å²) < 4.78 is 5.25. The summed E-state index contributed by atoms with van der Waals surface area (Å²) in [5, 5.41) is 8.92. The van der Waals surface area contributed by atoms with Crippen molar-refractivity contribution in [1.82, 2.24) is 9.97 Å². The smallest absolute Gasteiger partial charge is 0.373 e. The predicted molar refractivity (Wildman–Crippen MR) is 70.5 cm³/mol. The summed E-state index contributed by atoms with van der Waals surface area (Å²) >= 11 is 0. The lowest BCUT2D eigenvalue weighted by Gasteiger charge is -2.11. The van der Waals surface area contributed by atoms with Gasteiger partial charge in [0.2, 0.25) is 5.82 Å². The third-order valence-electron chi connectivity index (χ3n) is 2.86. The van der Waals surface area contributed by atoms with E-state index in [0.29, 0.717) is 5.69 Å². The summed E-state index contributed by atoms with van der Waals surface area (Å²) in [5.74, 6) is -0.538. The molecule has 5 heteroatoms. The first-order chi connectivity index (χ1) is 9.02. The van der Waals surface area contributed by atoms with Gasteiger partial charge in [-0.2, -0.15) is 0 Å². The van der Waals surface area contributed by atoms with Crippen molar-refractivity contribution >= 4 is 5.97 Å². The van der Waals surface area contributed by atoms with Gasteiger partial charge >= 0.3 is 5.97 Å². The molecule has 19 heavy (non-hydrogen) atoms. The van der Waals surface area contributed by atoms with Gasteiger partial charge in [-0.3, -0.25) is 0 Å². The highest BCUT2D eigenvalue weighted by Crippen LogP contribution is 2.28. The summed E-state index contributed by atoms with van der Waals surface area (Å²) in [4.78, 5) is 18.7. The second-order valence-electron chi connectivity index (χ2n) is 4.21. The van der Waals surface area contributed by atoms with E-state index >= 15 is 0 Å². The lowest BCUT2D eigenvalue weighted by molar-refractivity contribution is 0.0683. The van der Waals surface area contributed by atoms with Crippen LogP contribution in [0.25, 0.3) is 11.3 Å². The average Bonchev–Trinajstić information content (AvgIpc) is 2.41. The molecular weight excluding hydrogens is 244 g/mol. The van der Waals surface area contributed by atoms with Crippen LogP contribution >= 0.6 is 0 Å². The van der Waals surface area contributed by atoms with Crippen LogP contribution in [0.15, 0.2) is 24.4 Å². The van der Waals surface area contributed by atoms with Crippen LogP contribution in [-0.4, -0.2) is 28.2 Å². The van der Waals surface area contributed by atoms with Gasteiger partial charge in [0.1, 0.15) is 5.75 Å². The maximum atomic E-state index is 10.9. The van der Waals surface area contributed by atoms with Crippen LogP contribution in [0.5, 0.6) is 5.75 Å². The van der Waals surface area contributed by atoms with Gasteiger partial charge in [0.25, 0.3) is 0 Å². The summed E-state index contributed by atoms with van der Waals surface area (Å²) in [6.45, 7) is 3.86. The van der Waals surface area contributed by atoms with Crippen molar-refractivity contribution in [2.45, 2.75) is 13.8 Å². The van der Waals surface area contributed by atoms with Gasteiger partial charge < -0.3 is 9.84 Å². The minimum Gasteiger partial charge on any atom is -0.496 e. The number of ether oxygens (including phenoxy) is 1. The molecule has 0 aliphatic heterocycles. The molecular formula is C14H14N2O3. The zero-order valence-electron chi connectivity index (χ0n) is 11.0. The van der Waals surface area contributed by atoms with E-state index < -0.39 is 5.97 Å². The highest BCUT2D eigenvalue weighted by molar-refractivity contribution is 5.84. The normalized spacial score (nSPS) is 10.3. The van der Waals surface area contributed by atoms with Gasteiger partial charge in [0, 0.05) is 11.8 Å². The molecule has 1 aromatic carbocycles. The Hall–Kier alpha value is -2.43. The quantitative estimate of drug-likeness (QED) is 0.915. The SMILES string of the molecule is COc1cc(C)c(-c2ccnc(C(=O)O)n2)cc1C. The van der Waals surface area contributed by atoms with Crippen LogP contribution in [0, 0.1) is 13.8 Å². The first-order valence-electron chi connectivity index (χ1n) is 5.75. The van der Waals surface area contributed by atoms with E-state index in [-0.39, 0.29) is 5.82 Å². The fraction of sp³-hybridized carbons (Fsp3) is 0.214. The van der Waals surface area contributed by atoms with Crippen molar-refractivity contribution in [3.8, 4) is 17.0 Å². The number of aryl methyl sites for hydroxylation is 2. The Morgan fingerprint density at radius 3 is 2.63 bits per heavy atom. The number of carboxylic acid groups (broad SMARTS) is 1. The monoisotopic (exact) mass is 258 g/mol. The van der Waals surface area contributed by atoms with Crippen molar-refractivity contribution in [3.63, 3.8) is 0 Å². The van der Waals surface area contributed by atoms with Gasteiger partial charge in [-0.15, -0.1) is 0 Å². The molecule has 0 unspecified atom stereocenters. The Bertz CT molecular complexity index is 639. The van der Waals surface area contributed by atoms with Crippen LogP contribution in [0.2, 0.25) is 0 Å². The van der Waals surface area contributed by atoms with E-state index in [9.17, 15) is 4.79 Å². The second kappa shape index (κ2) is 5.06. The zero-order valence-corrected chi connectivity index (χ0v) is 11.0. The van der Waals surface area contributed by atoms with Gasteiger partial charge in [-0.25, -0.2) is 14.8 Å². The Balaban J connectivity index is 2.56. The van der Waals surface area contributed by atoms with E-state index in [4.69, 9.17) is 9.84 Å². The molecule has 0 fully saturated rings. The number of carbonyl (C=O) groups is 1. The molecule has 2 rings (SSSR count). The Morgan fingerprint density at radius 1 is 1.26 bits per heavy atom. The van der Waals surface area contributed by atoms with Crippen LogP contribution in [0.3, 0.4) is 0 Å². The Morgan fingerprint density at radius 2 is 2.00 bits per heavy atom. The molecule has 1 aromatic heterocycles. The van der Waals surface area contributed by atoms with Crippen LogP contribution in [0.1, 0.15) is 21.7 Å². The van der Waals surface area contributed by atoms with Gasteiger partial charge in [0.15, 0.2) is 0 Å². The summed E-state index contributed by atoms with van der Waals surface area (Å²) in [7, 11) is 1.62. The standard InChI is InChI=1S/C14H14N2O3/c1-8-7-12(19-3)9(2)6-10(8)11-4-5-15-13(16-11)14(17)18/h4-7H,1-3H3,(H,17,18). The number of aromatic nitrogens is 2. The predicted octanol–water partition coefficient (Wildman–Crippen LogP) is 2.47. The molecule has 98 valence electrons. The van der Waals surface area contributed by atoms with Crippen molar-refractivity contribution in [2.75, 3.05) is 7.11 Å². The number of methoxy groups -OCH3 is 1. The van der Waals surface area contributed by atoms with E-state index in [0.717, 1.165) is 22.4 Å². The lowest BCUT2D eigenvalue weighted by atomic mass is 10.0. The number of nitrogens with zero attached hydrogens (tertiary/aromatic N) is 2. The molecule has 1 N–H and O–H groups in total. The number of aromatic carboxylic acids is 1. The number of hydrogen-bond donors (Lipinski definition) is 1. The van der Waals surface area contributed by atoms with Crippen LogP contribution in [0.4, 0.5) is 0 Å². The fourth-order valence-corrected chi connectivity index (χ4v) is 1.90. The fourth-order valence-electron chi connectivity index (χ4n) is 1.90. The van der Waals surface area contributed by atoms with Gasteiger partial charge in [-0.1, -0.05) is 0 Å². The first-order valence-corrected chi connectivity index (χ1v) is 5.75. The first kappa shape index (κ1) is 13.0. The number of rotatable bonds is 3. The maximum Gasteiger partial charge on any atom is 0.373 e. The third kappa shape index (κ3) is 2.54. The molecule has 0 bridgehead atoms. The van der Waals surface area contributed by atoms with Gasteiger partial charge in [-0.05, 0) is 43.2 Å². The topological polar surface area (TPSA) is 72.3 Å². The number of benzene rings is 1. The van der Waals surface area contributed by atoms with Crippen LogP contribution in [-0.2, 0) is 0 Å². The van der Waals surface area contributed by atoms with E-state index in [2.05, 4.69) is 9.97 Å². The minimum absolute atomic E-state index is 0.203. The maximum absolute atomic E-state index is 10.9. The summed E-state index contributed by atoms with van der Waals surface area (Å²) in [6, 6.07) is 5.54. The van der Waals surface area contributed by atoms with Crippen molar-refractivity contribution in [3.05, 3.63) is 41.3 Å². The molecule has 0 atom stereocenters. The summed E-state index contributed by atoms with van der Waals surface area (Å²) in [6.07, 6.45) is 1.45. The molecule has 0 aliphatic rings. The molecule has 0 saturated carbocycles. The second-order valence-corrected chi connectivity index (χ2v) is 4.21. The van der Waals surface area contributed by atoms with Crippen LogP contribution < -0.4 is 4.74 Å². The number of carboxylic acids is 1. The largest absolute Gasteiger partial charge is 0.496 e. The van der Waals surface area contributed by atoms with Gasteiger partial charge in [0.05, 0.1) is 12.8 Å². The average molecular weight is 258 g/mol. The Kier molecular flexibility index (Phi) is 3.46. The molecule has 0 amide bonds. The molecule has 0 aliphatic carbocycles.